The van der Waals surface area contributed by atoms with E-state index in [-0.39, 0.29) is 48.7 Å². The summed E-state index contributed by atoms with van der Waals surface area (Å²) in [4.78, 5) is 23.4. The highest BCUT2D eigenvalue weighted by atomic mass is 16.5. The average molecular weight is 597 g/mol. The van der Waals surface area contributed by atoms with E-state index in [9.17, 15) is 14.7 Å². The van der Waals surface area contributed by atoms with E-state index in [0.29, 0.717) is 24.7 Å². The van der Waals surface area contributed by atoms with Gasteiger partial charge in [0.25, 0.3) is 0 Å². The van der Waals surface area contributed by atoms with Crippen molar-refractivity contribution >= 4 is 0 Å². The predicted octanol–water partition coefficient (Wildman–Crippen LogP) is 1.91. The van der Waals surface area contributed by atoms with Crippen LogP contribution in [-0.2, 0) is 19.8 Å². The Morgan fingerprint density at radius 2 is 1.28 bits per heavy atom. The molecule has 4 aromatic rings. The fourth-order valence-electron chi connectivity index (χ4n) is 3.52. The SMILES string of the molecule is Cc1c(OCc2ccccc2)c(=O)ccn1CC(O)CO.Cc1occc(=O)c1OCc1ccccc1.NCC(O)CO. The van der Waals surface area contributed by atoms with Crippen molar-refractivity contribution in [2.45, 2.75) is 45.8 Å². The van der Waals surface area contributed by atoms with Gasteiger partial charge in [0.05, 0.1) is 43.9 Å². The first-order valence-electron chi connectivity index (χ1n) is 13.6. The van der Waals surface area contributed by atoms with Gasteiger partial charge in [-0.05, 0) is 25.0 Å². The van der Waals surface area contributed by atoms with Gasteiger partial charge in [-0.2, -0.15) is 0 Å². The molecule has 11 nitrogen and oxygen atoms in total. The zero-order valence-corrected chi connectivity index (χ0v) is 24.3. The van der Waals surface area contributed by atoms with E-state index >= 15 is 0 Å². The second-order valence-corrected chi connectivity index (χ2v) is 9.37. The van der Waals surface area contributed by atoms with Crippen LogP contribution in [-0.4, -0.2) is 57.0 Å². The molecule has 2 unspecified atom stereocenters. The third-order valence-corrected chi connectivity index (χ3v) is 5.95. The quantitative estimate of drug-likeness (QED) is 0.172. The van der Waals surface area contributed by atoms with Crippen molar-refractivity contribution in [3.63, 3.8) is 0 Å². The van der Waals surface area contributed by atoms with Crippen LogP contribution in [0.1, 0.15) is 22.6 Å². The maximum absolute atomic E-state index is 11.9. The molecule has 2 aromatic carbocycles. The lowest BCUT2D eigenvalue weighted by Crippen LogP contribution is -2.23. The lowest BCUT2D eigenvalue weighted by Gasteiger charge is -2.16. The predicted molar refractivity (Wildman–Crippen MR) is 162 cm³/mol. The number of nitrogens with zero attached hydrogens (tertiary/aromatic N) is 1. The molecular formula is C32H40N2O9. The van der Waals surface area contributed by atoms with Crippen molar-refractivity contribution in [2.24, 2.45) is 5.73 Å². The molecule has 0 saturated heterocycles. The van der Waals surface area contributed by atoms with Gasteiger partial charge in [0.1, 0.15) is 19.0 Å². The number of hydrogen-bond donors (Lipinski definition) is 5. The normalized spacial score (nSPS) is 11.7. The van der Waals surface area contributed by atoms with Crippen LogP contribution < -0.4 is 26.1 Å². The lowest BCUT2D eigenvalue weighted by atomic mass is 10.2. The zero-order valence-electron chi connectivity index (χ0n) is 24.3. The molecule has 0 aliphatic carbocycles. The van der Waals surface area contributed by atoms with Crippen LogP contribution in [0.15, 0.2) is 99.3 Å². The van der Waals surface area contributed by atoms with Crippen molar-refractivity contribution in [1.29, 1.82) is 0 Å². The first-order chi connectivity index (χ1) is 20.7. The fraction of sp³-hybridized carbons (Fsp3) is 0.312. The van der Waals surface area contributed by atoms with Crippen LogP contribution in [0.5, 0.6) is 11.5 Å². The summed E-state index contributed by atoms with van der Waals surface area (Å²) in [5.74, 6) is 1.06. The average Bonchev–Trinajstić information content (AvgIpc) is 3.03. The van der Waals surface area contributed by atoms with E-state index < -0.39 is 12.2 Å². The highest BCUT2D eigenvalue weighted by Crippen LogP contribution is 2.15. The van der Waals surface area contributed by atoms with Crippen LogP contribution >= 0.6 is 0 Å². The Bertz CT molecular complexity index is 1450. The number of pyridine rings is 1. The van der Waals surface area contributed by atoms with Gasteiger partial charge >= 0.3 is 0 Å². The minimum absolute atomic E-state index is 0.135. The molecule has 0 aliphatic heterocycles. The van der Waals surface area contributed by atoms with Gasteiger partial charge < -0.3 is 44.6 Å². The lowest BCUT2D eigenvalue weighted by molar-refractivity contribution is 0.0803. The van der Waals surface area contributed by atoms with Gasteiger partial charge in [0, 0.05) is 24.9 Å². The topological polar surface area (TPSA) is 178 Å². The van der Waals surface area contributed by atoms with Gasteiger partial charge in [0.15, 0.2) is 5.75 Å². The summed E-state index contributed by atoms with van der Waals surface area (Å²) in [6.07, 6.45) is 1.36. The van der Waals surface area contributed by atoms with Gasteiger partial charge in [-0.25, -0.2) is 0 Å². The van der Waals surface area contributed by atoms with E-state index in [0.717, 1.165) is 11.1 Å². The minimum atomic E-state index is -0.867. The number of aromatic nitrogens is 1. The first kappa shape index (κ1) is 34.9. The number of nitrogens with two attached hydrogens (primary N) is 1. The third-order valence-electron chi connectivity index (χ3n) is 5.95. The Morgan fingerprint density at radius 1 is 0.767 bits per heavy atom. The number of ether oxygens (including phenoxy) is 2. The highest BCUT2D eigenvalue weighted by Gasteiger charge is 2.11. The van der Waals surface area contributed by atoms with Gasteiger partial charge in [-0.15, -0.1) is 0 Å². The van der Waals surface area contributed by atoms with E-state index in [4.69, 9.17) is 34.9 Å². The molecule has 11 heteroatoms. The minimum Gasteiger partial charge on any atom is -0.483 e. The van der Waals surface area contributed by atoms with E-state index in [1.54, 1.807) is 24.6 Å². The number of aryl methyl sites for hydroxylation is 1. The van der Waals surface area contributed by atoms with Gasteiger partial charge in [-0.1, -0.05) is 60.7 Å². The number of benzene rings is 2. The summed E-state index contributed by atoms with van der Waals surface area (Å²) in [5.41, 5.74) is 7.15. The standard InChI is InChI=1S/C16H19NO4.C13H12O3.C3H9NO2/c1-12-16(21-11-13-5-3-2-4-6-13)15(20)7-8-17(12)9-14(19)10-18;1-10-13(12(14)7-8-15-10)16-9-11-5-3-2-4-6-11;4-1-3(6)2-5/h2-8,14,18-19H,9-11H2,1H3;2-8H,9H2,1H3;3,5-6H,1-2,4H2. The third kappa shape index (κ3) is 12.2. The molecule has 2 aromatic heterocycles. The number of aliphatic hydroxyl groups is 4. The molecular weight excluding hydrogens is 556 g/mol. The second-order valence-electron chi connectivity index (χ2n) is 9.37. The molecule has 0 aliphatic rings. The van der Waals surface area contributed by atoms with Crippen LogP contribution in [0.2, 0.25) is 0 Å². The zero-order chi connectivity index (χ0) is 31.6. The number of hydrogen-bond acceptors (Lipinski definition) is 10. The van der Waals surface area contributed by atoms with E-state index in [2.05, 4.69) is 0 Å². The Labute approximate surface area is 250 Å². The monoisotopic (exact) mass is 596 g/mol. The molecule has 0 bridgehead atoms. The van der Waals surface area contributed by atoms with E-state index in [1.807, 2.05) is 60.7 Å². The second kappa shape index (κ2) is 19.0. The summed E-state index contributed by atoms with van der Waals surface area (Å²) < 4.78 is 17.9. The molecule has 2 heterocycles. The molecule has 43 heavy (non-hydrogen) atoms. The number of rotatable bonds is 11. The van der Waals surface area contributed by atoms with Crippen LogP contribution in [0, 0.1) is 13.8 Å². The summed E-state index contributed by atoms with van der Waals surface area (Å²) in [5, 5.41) is 34.7. The fourth-order valence-corrected chi connectivity index (χ4v) is 3.52. The van der Waals surface area contributed by atoms with Crippen molar-refractivity contribution in [3.8, 4) is 11.5 Å². The summed E-state index contributed by atoms with van der Waals surface area (Å²) >= 11 is 0. The molecule has 0 radical (unpaired) electrons. The molecule has 232 valence electrons. The molecule has 0 spiro atoms. The van der Waals surface area contributed by atoms with Crippen molar-refractivity contribution in [2.75, 3.05) is 19.8 Å². The highest BCUT2D eigenvalue weighted by molar-refractivity contribution is 5.28. The first-order valence-corrected chi connectivity index (χ1v) is 13.6. The van der Waals surface area contributed by atoms with Crippen molar-refractivity contribution in [3.05, 3.63) is 128 Å². The summed E-state index contributed by atoms with van der Waals surface area (Å²) in [7, 11) is 0. The van der Waals surface area contributed by atoms with Crippen LogP contribution in [0.3, 0.4) is 0 Å². The van der Waals surface area contributed by atoms with Gasteiger partial charge in [-0.3, -0.25) is 9.59 Å². The number of aliphatic hydroxyl groups excluding tert-OH is 4. The Hall–Kier alpha value is -4.26. The van der Waals surface area contributed by atoms with Crippen molar-refractivity contribution in [1.82, 2.24) is 4.57 Å². The summed E-state index contributed by atoms with van der Waals surface area (Å²) in [6, 6.07) is 22.0. The maximum Gasteiger partial charge on any atom is 0.227 e. The molecule has 0 fully saturated rings. The molecule has 0 amide bonds. The van der Waals surface area contributed by atoms with Crippen LogP contribution in [0.25, 0.3) is 0 Å². The van der Waals surface area contributed by atoms with Gasteiger partial charge in [0.2, 0.25) is 16.6 Å². The smallest absolute Gasteiger partial charge is 0.227 e. The van der Waals surface area contributed by atoms with Crippen LogP contribution in [0.4, 0.5) is 0 Å². The maximum atomic E-state index is 11.9. The van der Waals surface area contributed by atoms with Crippen molar-refractivity contribution < 1.29 is 34.3 Å². The molecule has 0 saturated carbocycles. The van der Waals surface area contributed by atoms with E-state index in [1.165, 1.54) is 18.4 Å². The summed E-state index contributed by atoms with van der Waals surface area (Å²) in [6.45, 7) is 3.93. The molecule has 6 N–H and O–H groups in total. The largest absolute Gasteiger partial charge is 0.483 e. The molecule has 2 atom stereocenters. The molecule has 4 rings (SSSR count). The Kier molecular flexibility index (Phi) is 15.5. The Morgan fingerprint density at radius 3 is 1.74 bits per heavy atom. The Balaban J connectivity index is 0.000000259.